The molecule has 6 nitrogen and oxygen atoms in total. The molecule has 0 unspecified atom stereocenters. The zero-order valence-corrected chi connectivity index (χ0v) is 16.3. The van der Waals surface area contributed by atoms with Crippen molar-refractivity contribution in [3.05, 3.63) is 90.5 Å². The molecule has 2 aliphatic heterocycles. The molecule has 0 spiro atoms. The summed E-state index contributed by atoms with van der Waals surface area (Å²) in [5.74, 6) is -0.592. The van der Waals surface area contributed by atoms with E-state index < -0.39 is 18.1 Å². The van der Waals surface area contributed by atoms with Gasteiger partial charge in [-0.2, -0.15) is 0 Å². The number of amides is 2. The number of anilines is 2. The largest absolute Gasteiger partial charge is 0.497 e. The molecule has 3 aromatic carbocycles. The molecule has 2 amide bonds. The van der Waals surface area contributed by atoms with Gasteiger partial charge in [0.1, 0.15) is 11.7 Å². The van der Waals surface area contributed by atoms with E-state index in [1.807, 2.05) is 60.7 Å². The normalized spacial score (nSPS) is 23.0. The van der Waals surface area contributed by atoms with Gasteiger partial charge in [0.25, 0.3) is 5.91 Å². The fourth-order valence-corrected chi connectivity index (χ4v) is 4.19. The lowest BCUT2D eigenvalue weighted by atomic mass is 9.90. The predicted molar refractivity (Wildman–Crippen MR) is 112 cm³/mol. The Hall–Kier alpha value is -3.64. The van der Waals surface area contributed by atoms with Crippen molar-refractivity contribution in [3.63, 3.8) is 0 Å². The number of imide groups is 1. The average Bonchev–Trinajstić information content (AvgIpc) is 3.31. The van der Waals surface area contributed by atoms with E-state index >= 15 is 0 Å². The highest BCUT2D eigenvalue weighted by Gasteiger charge is 2.60. The van der Waals surface area contributed by atoms with Gasteiger partial charge in [0, 0.05) is 0 Å². The Morgan fingerprint density at radius 2 is 1.40 bits per heavy atom. The molecular weight excluding hydrogens is 380 g/mol. The second-order valence-corrected chi connectivity index (χ2v) is 7.28. The van der Waals surface area contributed by atoms with Crippen LogP contribution in [0.3, 0.4) is 0 Å². The Labute approximate surface area is 174 Å². The number of hydrogen-bond acceptors (Lipinski definition) is 5. The standard InChI is InChI=1S/C24H20N2O4/c1-29-19-14-12-17(13-15-19)25-23(27)20-21(16-8-4-2-5-9-16)26(30-22(20)24(25)28)18-10-6-3-7-11-18/h2-15,20-22H,1H3/t20-,21-,22-/m0/s1. The smallest absolute Gasteiger partial charge is 0.266 e. The summed E-state index contributed by atoms with van der Waals surface area (Å²) in [6, 6.07) is 25.7. The van der Waals surface area contributed by atoms with E-state index in [0.717, 1.165) is 11.3 Å². The summed E-state index contributed by atoms with van der Waals surface area (Å²) in [7, 11) is 1.57. The van der Waals surface area contributed by atoms with Crippen molar-refractivity contribution in [2.24, 2.45) is 5.92 Å². The minimum absolute atomic E-state index is 0.262. The van der Waals surface area contributed by atoms with Gasteiger partial charge in [-0.1, -0.05) is 48.5 Å². The molecular formula is C24H20N2O4. The lowest BCUT2D eigenvalue weighted by molar-refractivity contribution is -0.126. The van der Waals surface area contributed by atoms with E-state index in [0.29, 0.717) is 11.4 Å². The molecule has 2 aliphatic rings. The molecule has 3 aromatic rings. The summed E-state index contributed by atoms with van der Waals surface area (Å²) in [6.07, 6.45) is -0.870. The van der Waals surface area contributed by atoms with Crippen molar-refractivity contribution < 1.29 is 19.2 Å². The molecule has 2 fully saturated rings. The van der Waals surface area contributed by atoms with Gasteiger partial charge >= 0.3 is 0 Å². The minimum atomic E-state index is -0.870. The molecule has 0 N–H and O–H groups in total. The van der Waals surface area contributed by atoms with Gasteiger partial charge in [0.2, 0.25) is 5.91 Å². The number of fused-ring (bicyclic) bond motifs is 1. The van der Waals surface area contributed by atoms with Gasteiger partial charge in [0.05, 0.1) is 24.5 Å². The lowest BCUT2D eigenvalue weighted by Crippen LogP contribution is -2.37. The lowest BCUT2D eigenvalue weighted by Gasteiger charge is -2.28. The number of hydrogen-bond donors (Lipinski definition) is 0. The van der Waals surface area contributed by atoms with Crippen molar-refractivity contribution in [2.45, 2.75) is 12.1 Å². The topological polar surface area (TPSA) is 59.1 Å². The fraction of sp³-hybridized carbons (Fsp3) is 0.167. The minimum Gasteiger partial charge on any atom is -0.497 e. The zero-order chi connectivity index (χ0) is 20.7. The molecule has 30 heavy (non-hydrogen) atoms. The van der Waals surface area contributed by atoms with Gasteiger partial charge in [-0.3, -0.25) is 14.4 Å². The third-order valence-corrected chi connectivity index (χ3v) is 5.60. The summed E-state index contributed by atoms with van der Waals surface area (Å²) < 4.78 is 5.18. The monoisotopic (exact) mass is 400 g/mol. The van der Waals surface area contributed by atoms with Crippen LogP contribution in [0.15, 0.2) is 84.9 Å². The second kappa shape index (κ2) is 7.31. The Bertz CT molecular complexity index is 1070. The molecule has 6 heteroatoms. The summed E-state index contributed by atoms with van der Waals surface area (Å²) in [4.78, 5) is 34.1. The Balaban J connectivity index is 1.55. The SMILES string of the molecule is COc1ccc(N2C(=O)[C@@H]3[C@H](ON(c4ccccc4)[C@H]3c3ccccc3)C2=O)cc1. The third kappa shape index (κ3) is 2.84. The molecule has 0 bridgehead atoms. The Morgan fingerprint density at radius 1 is 0.767 bits per heavy atom. The van der Waals surface area contributed by atoms with Crippen LogP contribution in [0, 0.1) is 5.92 Å². The number of nitrogens with zero attached hydrogens (tertiary/aromatic N) is 2. The van der Waals surface area contributed by atoms with Crippen molar-refractivity contribution in [1.82, 2.24) is 0 Å². The van der Waals surface area contributed by atoms with Crippen LogP contribution in [0.1, 0.15) is 11.6 Å². The van der Waals surface area contributed by atoms with Gasteiger partial charge < -0.3 is 4.74 Å². The third-order valence-electron chi connectivity index (χ3n) is 5.60. The molecule has 150 valence electrons. The first kappa shape index (κ1) is 18.4. The van der Waals surface area contributed by atoms with Gasteiger partial charge in [-0.25, -0.2) is 9.96 Å². The summed E-state index contributed by atoms with van der Waals surface area (Å²) in [5, 5.41) is 1.70. The maximum Gasteiger partial charge on any atom is 0.266 e. The summed E-state index contributed by atoms with van der Waals surface area (Å²) in [5.41, 5.74) is 2.24. The van der Waals surface area contributed by atoms with Crippen LogP contribution in [0.2, 0.25) is 0 Å². The van der Waals surface area contributed by atoms with Crippen molar-refractivity contribution in [2.75, 3.05) is 17.1 Å². The first-order valence-electron chi connectivity index (χ1n) is 9.77. The van der Waals surface area contributed by atoms with Gasteiger partial charge in [-0.05, 0) is 42.0 Å². The highest BCUT2D eigenvalue weighted by molar-refractivity contribution is 6.23. The molecule has 0 aliphatic carbocycles. The van der Waals surface area contributed by atoms with Crippen LogP contribution in [0.5, 0.6) is 5.75 Å². The van der Waals surface area contributed by atoms with Crippen LogP contribution in [0.25, 0.3) is 0 Å². The van der Waals surface area contributed by atoms with Crippen LogP contribution in [-0.4, -0.2) is 25.0 Å². The summed E-state index contributed by atoms with van der Waals surface area (Å²) >= 11 is 0. The zero-order valence-electron chi connectivity index (χ0n) is 16.3. The Kier molecular flexibility index (Phi) is 4.48. The second-order valence-electron chi connectivity index (χ2n) is 7.28. The molecule has 0 aromatic heterocycles. The molecule has 3 atom stereocenters. The van der Waals surface area contributed by atoms with Crippen LogP contribution in [-0.2, 0) is 14.4 Å². The summed E-state index contributed by atoms with van der Waals surface area (Å²) in [6.45, 7) is 0. The number of ether oxygens (including phenoxy) is 1. The maximum absolute atomic E-state index is 13.5. The number of benzene rings is 3. The van der Waals surface area contributed by atoms with E-state index in [2.05, 4.69) is 0 Å². The quantitative estimate of drug-likeness (QED) is 0.625. The van der Waals surface area contributed by atoms with E-state index in [1.54, 1.807) is 36.4 Å². The number of carbonyl (C=O) groups is 2. The van der Waals surface area contributed by atoms with E-state index in [1.165, 1.54) is 4.90 Å². The first-order valence-corrected chi connectivity index (χ1v) is 9.77. The number of para-hydroxylation sites is 1. The van der Waals surface area contributed by atoms with Crippen LogP contribution < -0.4 is 14.7 Å². The predicted octanol–water partition coefficient (Wildman–Crippen LogP) is 3.75. The highest BCUT2D eigenvalue weighted by atomic mass is 16.7. The number of carbonyl (C=O) groups excluding carboxylic acids is 2. The van der Waals surface area contributed by atoms with Crippen LogP contribution >= 0.6 is 0 Å². The van der Waals surface area contributed by atoms with Crippen molar-refractivity contribution in [1.29, 1.82) is 0 Å². The van der Waals surface area contributed by atoms with Crippen LogP contribution in [0.4, 0.5) is 11.4 Å². The van der Waals surface area contributed by atoms with Gasteiger partial charge in [0.15, 0.2) is 6.10 Å². The van der Waals surface area contributed by atoms with E-state index in [-0.39, 0.29) is 11.8 Å². The van der Waals surface area contributed by atoms with Crippen molar-refractivity contribution >= 4 is 23.2 Å². The van der Waals surface area contributed by atoms with E-state index in [4.69, 9.17) is 9.57 Å². The average molecular weight is 400 g/mol. The number of methoxy groups -OCH3 is 1. The molecule has 2 heterocycles. The van der Waals surface area contributed by atoms with E-state index in [9.17, 15) is 9.59 Å². The molecule has 0 saturated carbocycles. The molecule has 0 radical (unpaired) electrons. The number of hydroxylamine groups is 1. The fourth-order valence-electron chi connectivity index (χ4n) is 4.19. The first-order chi connectivity index (χ1) is 14.7. The highest BCUT2D eigenvalue weighted by Crippen LogP contribution is 2.47. The van der Waals surface area contributed by atoms with Crippen molar-refractivity contribution in [3.8, 4) is 5.75 Å². The molecule has 5 rings (SSSR count). The van der Waals surface area contributed by atoms with Gasteiger partial charge in [-0.15, -0.1) is 0 Å². The number of rotatable bonds is 4. The maximum atomic E-state index is 13.5. The Morgan fingerprint density at radius 3 is 2.03 bits per heavy atom. The molecule has 2 saturated heterocycles.